The molecule has 0 bridgehead atoms. The van der Waals surface area contributed by atoms with Crippen LogP contribution in [0.15, 0.2) is 48.7 Å². The number of benzene rings is 1. The van der Waals surface area contributed by atoms with E-state index in [1.54, 1.807) is 13.3 Å². The molecule has 0 atom stereocenters. The monoisotopic (exact) mass is 258 g/mol. The van der Waals surface area contributed by atoms with Gasteiger partial charge in [-0.3, -0.25) is 4.98 Å². The molecule has 1 heterocycles. The molecule has 19 heavy (non-hydrogen) atoms. The third-order valence-corrected chi connectivity index (χ3v) is 2.71. The molecular formula is C15H18N2O2. The van der Waals surface area contributed by atoms with Crippen LogP contribution in [0.1, 0.15) is 12.6 Å². The maximum absolute atomic E-state index is 5.86. The van der Waals surface area contributed by atoms with Crippen LogP contribution in [0.5, 0.6) is 11.5 Å². The summed E-state index contributed by atoms with van der Waals surface area (Å²) in [6.07, 6.45) is 1.78. The van der Waals surface area contributed by atoms with Crippen LogP contribution in [-0.2, 0) is 6.54 Å². The van der Waals surface area contributed by atoms with Crippen molar-refractivity contribution in [2.24, 2.45) is 0 Å². The highest BCUT2D eigenvalue weighted by Gasteiger charge is 2.10. The largest absolute Gasteiger partial charge is 0.493 e. The number of hydrogen-bond acceptors (Lipinski definition) is 4. The van der Waals surface area contributed by atoms with Gasteiger partial charge in [0.25, 0.3) is 0 Å². The van der Waals surface area contributed by atoms with Gasteiger partial charge in [0.15, 0.2) is 11.5 Å². The Morgan fingerprint density at radius 3 is 2.42 bits per heavy atom. The molecule has 0 N–H and O–H groups in total. The van der Waals surface area contributed by atoms with E-state index in [2.05, 4.69) is 4.98 Å². The van der Waals surface area contributed by atoms with Crippen molar-refractivity contribution in [3.8, 4) is 11.5 Å². The fraction of sp³-hybridized carbons (Fsp3) is 0.267. The minimum absolute atomic E-state index is 0.634. The van der Waals surface area contributed by atoms with Crippen LogP contribution in [0.2, 0.25) is 0 Å². The van der Waals surface area contributed by atoms with Crippen molar-refractivity contribution in [3.63, 3.8) is 0 Å². The zero-order valence-corrected chi connectivity index (χ0v) is 11.2. The molecule has 0 saturated heterocycles. The van der Waals surface area contributed by atoms with E-state index in [4.69, 9.17) is 9.57 Å². The molecule has 1 aromatic heterocycles. The topological polar surface area (TPSA) is 34.6 Å². The molecule has 0 unspecified atom stereocenters. The van der Waals surface area contributed by atoms with Crippen LogP contribution in [-0.4, -0.2) is 23.7 Å². The minimum Gasteiger partial charge on any atom is -0.493 e. The predicted molar refractivity (Wildman–Crippen MR) is 73.9 cm³/mol. The van der Waals surface area contributed by atoms with Crippen LogP contribution >= 0.6 is 0 Å². The first-order valence-corrected chi connectivity index (χ1v) is 6.29. The molecule has 0 fully saturated rings. The van der Waals surface area contributed by atoms with Gasteiger partial charge in [-0.05, 0) is 31.2 Å². The summed E-state index contributed by atoms with van der Waals surface area (Å²) in [4.78, 5) is 10.2. The Morgan fingerprint density at radius 2 is 1.79 bits per heavy atom. The number of para-hydroxylation sites is 2. The Hall–Kier alpha value is -2.07. The molecule has 0 spiro atoms. The molecule has 100 valence electrons. The number of ether oxygens (including phenoxy) is 1. The first-order valence-electron chi connectivity index (χ1n) is 6.29. The Labute approximate surface area is 113 Å². The van der Waals surface area contributed by atoms with Gasteiger partial charge in [0, 0.05) is 12.7 Å². The van der Waals surface area contributed by atoms with E-state index < -0.39 is 0 Å². The molecule has 0 radical (unpaired) electrons. The van der Waals surface area contributed by atoms with Crippen molar-refractivity contribution in [2.45, 2.75) is 13.5 Å². The molecule has 1 aromatic carbocycles. The fourth-order valence-electron chi connectivity index (χ4n) is 1.71. The summed E-state index contributed by atoms with van der Waals surface area (Å²) in [6.45, 7) is 3.43. The summed E-state index contributed by atoms with van der Waals surface area (Å²) in [7, 11) is 1.64. The number of pyridine rings is 1. The van der Waals surface area contributed by atoms with E-state index in [0.29, 0.717) is 12.3 Å². The van der Waals surface area contributed by atoms with Gasteiger partial charge in [-0.1, -0.05) is 18.2 Å². The van der Waals surface area contributed by atoms with E-state index in [0.717, 1.165) is 18.0 Å². The molecule has 2 aromatic rings. The number of rotatable bonds is 6. The van der Waals surface area contributed by atoms with E-state index >= 15 is 0 Å². The average Bonchev–Trinajstić information content (AvgIpc) is 2.48. The highest BCUT2D eigenvalue weighted by molar-refractivity contribution is 5.39. The summed E-state index contributed by atoms with van der Waals surface area (Å²) in [6, 6.07) is 13.5. The van der Waals surface area contributed by atoms with Gasteiger partial charge in [0.05, 0.1) is 19.3 Å². The standard InChI is InChI=1S/C15H18N2O2/c1-3-17(12-13-8-6-7-11-16-13)19-15-10-5-4-9-14(15)18-2/h4-11H,3,12H2,1-2H3. The molecule has 0 aliphatic rings. The average molecular weight is 258 g/mol. The van der Waals surface area contributed by atoms with Gasteiger partial charge in [-0.15, -0.1) is 5.06 Å². The Morgan fingerprint density at radius 1 is 1.05 bits per heavy atom. The normalized spacial score (nSPS) is 10.5. The maximum Gasteiger partial charge on any atom is 0.189 e. The van der Waals surface area contributed by atoms with Crippen molar-refractivity contribution < 1.29 is 9.57 Å². The molecule has 4 heteroatoms. The Balaban J connectivity index is 2.07. The van der Waals surface area contributed by atoms with Crippen LogP contribution < -0.4 is 9.57 Å². The van der Waals surface area contributed by atoms with Crippen LogP contribution in [0, 0.1) is 0 Å². The van der Waals surface area contributed by atoms with Crippen LogP contribution in [0.4, 0.5) is 0 Å². The first-order chi connectivity index (χ1) is 9.33. The molecule has 0 amide bonds. The van der Waals surface area contributed by atoms with Crippen molar-refractivity contribution in [2.75, 3.05) is 13.7 Å². The van der Waals surface area contributed by atoms with Gasteiger partial charge in [0.1, 0.15) is 0 Å². The quantitative estimate of drug-likeness (QED) is 0.746. The lowest BCUT2D eigenvalue weighted by atomic mass is 10.3. The molecule has 2 rings (SSSR count). The van der Waals surface area contributed by atoms with Crippen LogP contribution in [0.25, 0.3) is 0 Å². The predicted octanol–water partition coefficient (Wildman–Crippen LogP) is 2.91. The van der Waals surface area contributed by atoms with Crippen LogP contribution in [0.3, 0.4) is 0 Å². The lowest BCUT2D eigenvalue weighted by Crippen LogP contribution is -2.27. The minimum atomic E-state index is 0.634. The lowest BCUT2D eigenvalue weighted by molar-refractivity contribution is -0.0649. The fourth-order valence-corrected chi connectivity index (χ4v) is 1.71. The molecular weight excluding hydrogens is 240 g/mol. The second-order valence-electron chi connectivity index (χ2n) is 4.02. The van der Waals surface area contributed by atoms with Crippen molar-refractivity contribution >= 4 is 0 Å². The summed E-state index contributed by atoms with van der Waals surface area (Å²) in [5.74, 6) is 1.43. The number of aromatic nitrogens is 1. The smallest absolute Gasteiger partial charge is 0.189 e. The third kappa shape index (κ3) is 3.69. The zero-order chi connectivity index (χ0) is 13.5. The summed E-state index contributed by atoms with van der Waals surface area (Å²) in [5.41, 5.74) is 0.972. The second-order valence-corrected chi connectivity index (χ2v) is 4.02. The maximum atomic E-state index is 5.86. The highest BCUT2D eigenvalue weighted by Crippen LogP contribution is 2.26. The summed E-state index contributed by atoms with van der Waals surface area (Å²) >= 11 is 0. The van der Waals surface area contributed by atoms with Crippen molar-refractivity contribution in [3.05, 3.63) is 54.4 Å². The summed E-state index contributed by atoms with van der Waals surface area (Å²) < 4.78 is 5.27. The second kappa shape index (κ2) is 6.75. The molecule has 0 saturated carbocycles. The Bertz CT molecular complexity index is 503. The number of hydroxylamine groups is 2. The number of methoxy groups -OCH3 is 1. The third-order valence-electron chi connectivity index (χ3n) is 2.71. The van der Waals surface area contributed by atoms with Crippen molar-refractivity contribution in [1.29, 1.82) is 0 Å². The summed E-state index contributed by atoms with van der Waals surface area (Å²) in [5, 5.41) is 1.85. The Kier molecular flexibility index (Phi) is 4.75. The van der Waals surface area contributed by atoms with Gasteiger partial charge < -0.3 is 9.57 Å². The van der Waals surface area contributed by atoms with E-state index in [9.17, 15) is 0 Å². The number of hydrogen-bond donors (Lipinski definition) is 0. The molecule has 0 aliphatic carbocycles. The number of nitrogens with zero attached hydrogens (tertiary/aromatic N) is 2. The zero-order valence-electron chi connectivity index (χ0n) is 11.2. The lowest BCUT2D eigenvalue weighted by Gasteiger charge is -2.21. The van der Waals surface area contributed by atoms with Gasteiger partial charge in [-0.25, -0.2) is 0 Å². The van der Waals surface area contributed by atoms with Gasteiger partial charge in [-0.2, -0.15) is 0 Å². The molecule has 0 aliphatic heterocycles. The van der Waals surface area contributed by atoms with E-state index in [-0.39, 0.29) is 0 Å². The van der Waals surface area contributed by atoms with Crippen molar-refractivity contribution in [1.82, 2.24) is 10.0 Å². The SMILES string of the molecule is CCN(Cc1ccccn1)Oc1ccccc1OC. The van der Waals surface area contributed by atoms with E-state index in [1.807, 2.05) is 54.5 Å². The first kappa shape index (κ1) is 13.4. The van der Waals surface area contributed by atoms with E-state index in [1.165, 1.54) is 0 Å². The molecule has 4 nitrogen and oxygen atoms in total. The van der Waals surface area contributed by atoms with Gasteiger partial charge in [0.2, 0.25) is 0 Å². The van der Waals surface area contributed by atoms with Gasteiger partial charge >= 0.3 is 0 Å². The highest BCUT2D eigenvalue weighted by atomic mass is 16.7.